The molecule has 0 aliphatic heterocycles. The van der Waals surface area contributed by atoms with Crippen LogP contribution in [0.3, 0.4) is 0 Å². The molecule has 164 valence electrons. The summed E-state index contributed by atoms with van der Waals surface area (Å²) in [5.74, 6) is 0.685. The van der Waals surface area contributed by atoms with Crippen molar-refractivity contribution in [3.63, 3.8) is 0 Å². The van der Waals surface area contributed by atoms with Crippen LogP contribution in [0.2, 0.25) is 0 Å². The summed E-state index contributed by atoms with van der Waals surface area (Å²) in [6, 6.07) is 38.3. The summed E-state index contributed by atoms with van der Waals surface area (Å²) in [7, 11) is 0. The Labute approximate surface area is 204 Å². The third-order valence-corrected chi connectivity index (χ3v) is 5.56. The third-order valence-electron chi connectivity index (χ3n) is 5.06. The van der Waals surface area contributed by atoms with Gasteiger partial charge in [0.25, 0.3) is 0 Å². The molecule has 32 heavy (non-hydrogen) atoms. The van der Waals surface area contributed by atoms with Gasteiger partial charge in [0, 0.05) is 0 Å². The molecule has 0 radical (unpaired) electrons. The average molecular weight is 506 g/mol. The predicted molar refractivity (Wildman–Crippen MR) is 129 cm³/mol. The molecule has 5 aromatic carbocycles. The van der Waals surface area contributed by atoms with Crippen molar-refractivity contribution >= 4 is 25.3 Å². The zero-order valence-corrected chi connectivity index (χ0v) is 21.0. The Balaban J connectivity index is 0.000000242. The van der Waals surface area contributed by atoms with Gasteiger partial charge in [0.15, 0.2) is 0 Å². The molecule has 0 amide bonds. The molecule has 5 aromatic rings. The maximum absolute atomic E-state index is 2.25. The first-order chi connectivity index (χ1) is 14.7. The average Bonchev–Trinajstić information content (AvgIpc) is 3.44. The zero-order valence-electron chi connectivity index (χ0n) is 18.5. The normalized spacial score (nSPS) is 9.66. The van der Waals surface area contributed by atoms with E-state index in [0.717, 1.165) is 6.42 Å². The maximum atomic E-state index is 2.25. The molecule has 0 aromatic heterocycles. The van der Waals surface area contributed by atoms with Gasteiger partial charge in [-0.05, 0) is 0 Å². The molecular formula is C29H28F2Zr-2. The number of benzene rings is 3. The molecule has 0 aliphatic carbocycles. The van der Waals surface area contributed by atoms with E-state index in [-0.39, 0.29) is 9.41 Å². The van der Waals surface area contributed by atoms with Gasteiger partial charge >= 0.3 is 70.3 Å². The second-order valence-corrected chi connectivity index (χ2v) is 8.59. The minimum Gasteiger partial charge on any atom is -0.126 e. The van der Waals surface area contributed by atoms with Crippen molar-refractivity contribution in [1.82, 2.24) is 0 Å². The van der Waals surface area contributed by atoms with E-state index in [4.69, 9.17) is 0 Å². The van der Waals surface area contributed by atoms with Crippen molar-refractivity contribution in [1.29, 1.82) is 0 Å². The first-order valence-electron chi connectivity index (χ1n) is 10.5. The molecule has 3 heteroatoms. The molecule has 5 rings (SSSR count). The number of rotatable bonds is 3. The van der Waals surface area contributed by atoms with Gasteiger partial charge < -0.3 is 9.41 Å². The molecular weight excluding hydrogens is 478 g/mol. The Bertz CT molecular complexity index is 1110. The van der Waals surface area contributed by atoms with E-state index in [1.165, 1.54) is 56.9 Å². The van der Waals surface area contributed by atoms with Gasteiger partial charge in [-0.25, -0.2) is 6.07 Å². The van der Waals surface area contributed by atoms with Gasteiger partial charge in [-0.15, -0.1) is 39.7 Å². The van der Waals surface area contributed by atoms with Crippen LogP contribution in [0.25, 0.3) is 21.5 Å². The molecule has 0 spiro atoms. The largest absolute Gasteiger partial charge is 0.126 e. The standard InChI is InChI=1S/C13H9.C8H11.C8H8.2FH.Zr/c1-3-7-12-10(5-1)9-11-6-2-4-8-13(11)12;1-7(2)8-5-3-4-6-8;1-2-8-6-4-3-5-7-8;;;/h1-9H;3-7H,1-2H3;1,3-7H,2H2;2*1H;/q2*-1;;;;+2/p-2. The number of fused-ring (bicyclic) bond motifs is 3. The Kier molecular flexibility index (Phi) is 12.5. The van der Waals surface area contributed by atoms with Crippen LogP contribution in [0.1, 0.15) is 30.9 Å². The van der Waals surface area contributed by atoms with Crippen LogP contribution in [0.15, 0.2) is 109 Å². The van der Waals surface area contributed by atoms with Crippen molar-refractivity contribution in [2.75, 3.05) is 0 Å². The molecule has 0 nitrogen and oxygen atoms in total. The van der Waals surface area contributed by atoms with Crippen molar-refractivity contribution in [2.24, 2.45) is 0 Å². The van der Waals surface area contributed by atoms with Crippen molar-refractivity contribution in [3.8, 4) is 0 Å². The Morgan fingerprint density at radius 2 is 1.28 bits per heavy atom. The van der Waals surface area contributed by atoms with E-state index in [2.05, 4.69) is 121 Å². The van der Waals surface area contributed by atoms with E-state index >= 15 is 0 Å². The summed E-state index contributed by atoms with van der Waals surface area (Å²) in [6.07, 6.45) is 1.12. The predicted octanol–water partition coefficient (Wildman–Crippen LogP) is 1.83. The molecule has 0 unspecified atom stereocenters. The van der Waals surface area contributed by atoms with Crippen LogP contribution in [-0.2, 0) is 30.7 Å². The first-order valence-corrected chi connectivity index (χ1v) is 11.9. The molecule has 0 bridgehead atoms. The summed E-state index contributed by atoms with van der Waals surface area (Å²) in [5, 5.41) is 5.39. The molecule has 0 aliphatic rings. The minimum absolute atomic E-state index is 0. The fourth-order valence-corrected chi connectivity index (χ4v) is 3.99. The van der Waals surface area contributed by atoms with Crippen molar-refractivity contribution in [2.45, 2.75) is 26.2 Å². The summed E-state index contributed by atoms with van der Waals surface area (Å²) in [6.45, 7) is 4.41. The van der Waals surface area contributed by atoms with Gasteiger partial charge in [-0.2, -0.15) is 23.8 Å². The smallest absolute Gasteiger partial charge is 0.0771 e. The summed E-state index contributed by atoms with van der Waals surface area (Å²) < 4.78 is 2.25. The van der Waals surface area contributed by atoms with Crippen LogP contribution >= 0.6 is 0 Å². The molecule has 0 N–H and O–H groups in total. The second-order valence-electron chi connectivity index (χ2n) is 7.59. The van der Waals surface area contributed by atoms with Crippen LogP contribution < -0.4 is 9.41 Å². The van der Waals surface area contributed by atoms with E-state index < -0.39 is 0 Å². The van der Waals surface area contributed by atoms with Crippen molar-refractivity contribution in [3.05, 3.63) is 120 Å². The topological polar surface area (TPSA) is 0 Å². The Morgan fingerprint density at radius 1 is 0.750 bits per heavy atom. The Hall–Kier alpha value is -2.51. The molecule has 0 heterocycles. The number of hydrogen-bond acceptors (Lipinski definition) is 0. The van der Waals surface area contributed by atoms with Crippen LogP contribution in [0.4, 0.5) is 0 Å². The van der Waals surface area contributed by atoms with Gasteiger partial charge in [-0.3, -0.25) is 0 Å². The van der Waals surface area contributed by atoms with E-state index in [1.807, 2.05) is 6.07 Å². The van der Waals surface area contributed by atoms with Crippen LogP contribution in [0.5, 0.6) is 0 Å². The molecule has 0 fully saturated rings. The number of hydrogen-bond donors (Lipinski definition) is 0. The molecule has 0 saturated heterocycles. The molecule has 0 atom stereocenters. The monoisotopic (exact) mass is 504 g/mol. The zero-order chi connectivity index (χ0) is 21.2. The minimum atomic E-state index is 0. The summed E-state index contributed by atoms with van der Waals surface area (Å²) in [5.41, 5.74) is 2.85. The quantitative estimate of drug-likeness (QED) is 0.328. The van der Waals surface area contributed by atoms with Gasteiger partial charge in [-0.1, -0.05) is 56.2 Å². The molecule has 0 saturated carbocycles. The van der Waals surface area contributed by atoms with E-state index in [9.17, 15) is 0 Å². The van der Waals surface area contributed by atoms with E-state index in [0.29, 0.717) is 5.92 Å². The van der Waals surface area contributed by atoms with Crippen LogP contribution in [0, 0.1) is 0 Å². The number of halogens is 2. The first kappa shape index (κ1) is 27.5. The van der Waals surface area contributed by atoms with Crippen LogP contribution in [-0.4, -0.2) is 3.71 Å². The van der Waals surface area contributed by atoms with Crippen molar-refractivity contribution < 1.29 is 33.6 Å². The second kappa shape index (κ2) is 14.5. The fourth-order valence-electron chi connectivity index (χ4n) is 3.41. The fraction of sp³-hybridized carbons (Fsp3) is 0.138. The Morgan fingerprint density at radius 3 is 1.72 bits per heavy atom. The summed E-state index contributed by atoms with van der Waals surface area (Å²) in [4.78, 5) is 0. The summed E-state index contributed by atoms with van der Waals surface area (Å²) >= 11 is 1.51. The maximum Gasteiger partial charge on any atom is -0.0771 e. The SMILES string of the molecule is CC(C)c1cc[cH-]c1.[F-].[F-].[Zr+2]=[CH]Cc1ccccc1.c1ccc2c(c1)[cH-]c1ccccc12. The van der Waals surface area contributed by atoms with Gasteiger partial charge in [0.1, 0.15) is 0 Å². The van der Waals surface area contributed by atoms with E-state index in [1.54, 1.807) is 0 Å². The van der Waals surface area contributed by atoms with Gasteiger partial charge in [0.05, 0.1) is 0 Å². The van der Waals surface area contributed by atoms with Gasteiger partial charge in [0.2, 0.25) is 0 Å². The third kappa shape index (κ3) is 7.88.